The lowest BCUT2D eigenvalue weighted by Crippen LogP contribution is -2.46. The fourth-order valence-electron chi connectivity index (χ4n) is 3.41. The van der Waals surface area contributed by atoms with Gasteiger partial charge in [0.15, 0.2) is 0 Å². The molecule has 1 aromatic rings. The molecule has 108 valence electrons. The SMILES string of the molecule is Nc1cc(Cl)cc(C(=O)NC2CCN3CCCCC23)c1. The summed E-state index contributed by atoms with van der Waals surface area (Å²) in [5.41, 5.74) is 6.81. The van der Waals surface area contributed by atoms with Crippen molar-refractivity contribution in [2.75, 3.05) is 18.8 Å². The summed E-state index contributed by atoms with van der Waals surface area (Å²) in [4.78, 5) is 14.8. The van der Waals surface area contributed by atoms with Crippen molar-refractivity contribution in [3.05, 3.63) is 28.8 Å². The van der Waals surface area contributed by atoms with Crippen molar-refractivity contribution >= 4 is 23.2 Å². The zero-order chi connectivity index (χ0) is 14.1. The number of nitrogens with one attached hydrogen (secondary N) is 1. The lowest BCUT2D eigenvalue weighted by Gasteiger charge is -2.32. The number of hydrogen-bond donors (Lipinski definition) is 2. The zero-order valence-electron chi connectivity index (χ0n) is 11.4. The number of carbonyl (C=O) groups is 1. The van der Waals surface area contributed by atoms with E-state index in [2.05, 4.69) is 10.2 Å². The Kier molecular flexibility index (Phi) is 3.85. The molecule has 2 saturated heterocycles. The highest BCUT2D eigenvalue weighted by atomic mass is 35.5. The van der Waals surface area contributed by atoms with E-state index in [1.54, 1.807) is 18.2 Å². The first kappa shape index (κ1) is 13.7. The van der Waals surface area contributed by atoms with Crippen molar-refractivity contribution in [2.24, 2.45) is 0 Å². The van der Waals surface area contributed by atoms with Gasteiger partial charge in [0, 0.05) is 34.9 Å². The molecule has 20 heavy (non-hydrogen) atoms. The molecule has 4 nitrogen and oxygen atoms in total. The number of piperidine rings is 1. The van der Waals surface area contributed by atoms with Gasteiger partial charge in [0.05, 0.1) is 0 Å². The van der Waals surface area contributed by atoms with E-state index in [1.807, 2.05) is 0 Å². The van der Waals surface area contributed by atoms with Crippen molar-refractivity contribution in [1.29, 1.82) is 0 Å². The number of anilines is 1. The van der Waals surface area contributed by atoms with E-state index in [0.717, 1.165) is 13.0 Å². The maximum atomic E-state index is 12.3. The van der Waals surface area contributed by atoms with Gasteiger partial charge in [-0.25, -0.2) is 0 Å². The van der Waals surface area contributed by atoms with Crippen molar-refractivity contribution in [2.45, 2.75) is 37.8 Å². The third-order valence-corrected chi connectivity index (χ3v) is 4.57. The predicted molar refractivity (Wildman–Crippen MR) is 80.9 cm³/mol. The van der Waals surface area contributed by atoms with Crippen LogP contribution in [-0.2, 0) is 0 Å². The van der Waals surface area contributed by atoms with E-state index < -0.39 is 0 Å². The van der Waals surface area contributed by atoms with Crippen LogP contribution in [0.5, 0.6) is 0 Å². The number of carbonyl (C=O) groups excluding carboxylic acids is 1. The van der Waals surface area contributed by atoms with E-state index in [9.17, 15) is 4.79 Å². The fourth-order valence-corrected chi connectivity index (χ4v) is 3.65. The molecule has 0 saturated carbocycles. The minimum atomic E-state index is -0.0726. The molecule has 2 aliphatic rings. The highest BCUT2D eigenvalue weighted by molar-refractivity contribution is 6.31. The average molecular weight is 294 g/mol. The van der Waals surface area contributed by atoms with Crippen LogP contribution in [0.4, 0.5) is 5.69 Å². The van der Waals surface area contributed by atoms with Crippen LogP contribution in [0.15, 0.2) is 18.2 Å². The van der Waals surface area contributed by atoms with Crippen LogP contribution < -0.4 is 11.1 Å². The fraction of sp³-hybridized carbons (Fsp3) is 0.533. The van der Waals surface area contributed by atoms with Crippen molar-refractivity contribution in [1.82, 2.24) is 10.2 Å². The van der Waals surface area contributed by atoms with Crippen LogP contribution in [0, 0.1) is 0 Å². The summed E-state index contributed by atoms with van der Waals surface area (Å²) >= 11 is 5.95. The topological polar surface area (TPSA) is 58.4 Å². The highest BCUT2D eigenvalue weighted by Gasteiger charge is 2.36. The van der Waals surface area contributed by atoms with Gasteiger partial charge in [0.1, 0.15) is 0 Å². The predicted octanol–water partition coefficient (Wildman–Crippen LogP) is 2.28. The average Bonchev–Trinajstić information content (AvgIpc) is 2.81. The molecule has 0 aliphatic carbocycles. The number of benzene rings is 1. The molecule has 2 atom stereocenters. The molecule has 5 heteroatoms. The van der Waals surface area contributed by atoms with Crippen molar-refractivity contribution in [3.8, 4) is 0 Å². The van der Waals surface area contributed by atoms with Crippen molar-refractivity contribution in [3.63, 3.8) is 0 Å². The first-order valence-corrected chi connectivity index (χ1v) is 7.62. The number of rotatable bonds is 2. The molecule has 3 N–H and O–H groups in total. The zero-order valence-corrected chi connectivity index (χ0v) is 12.2. The molecule has 0 bridgehead atoms. The molecule has 2 heterocycles. The Hall–Kier alpha value is -1.26. The molecule has 2 fully saturated rings. The number of nitrogens with zero attached hydrogens (tertiary/aromatic N) is 1. The Morgan fingerprint density at radius 2 is 2.10 bits per heavy atom. The molecule has 0 aromatic heterocycles. The van der Waals surface area contributed by atoms with Crippen LogP contribution in [-0.4, -0.2) is 36.0 Å². The number of nitrogen functional groups attached to an aromatic ring is 1. The molecule has 1 amide bonds. The maximum Gasteiger partial charge on any atom is 0.251 e. The molecular formula is C15H20ClN3O. The molecule has 0 radical (unpaired) electrons. The largest absolute Gasteiger partial charge is 0.399 e. The molecule has 2 aliphatic heterocycles. The van der Waals surface area contributed by atoms with Crippen molar-refractivity contribution < 1.29 is 4.79 Å². The van der Waals surface area contributed by atoms with E-state index in [1.165, 1.54) is 25.8 Å². The Bertz CT molecular complexity index is 500. The van der Waals surface area contributed by atoms with Crippen LogP contribution >= 0.6 is 11.6 Å². The lowest BCUT2D eigenvalue weighted by molar-refractivity contribution is 0.0915. The monoisotopic (exact) mass is 293 g/mol. The first-order chi connectivity index (χ1) is 9.63. The summed E-state index contributed by atoms with van der Waals surface area (Å²) in [6.45, 7) is 2.26. The van der Waals surface area contributed by atoms with E-state index >= 15 is 0 Å². The minimum absolute atomic E-state index is 0.0726. The smallest absolute Gasteiger partial charge is 0.251 e. The van der Waals surface area contributed by atoms with Gasteiger partial charge in [-0.1, -0.05) is 18.0 Å². The van der Waals surface area contributed by atoms with Gasteiger partial charge < -0.3 is 11.1 Å². The van der Waals surface area contributed by atoms with Gasteiger partial charge in [0.25, 0.3) is 5.91 Å². The first-order valence-electron chi connectivity index (χ1n) is 7.24. The third kappa shape index (κ3) is 2.76. The van der Waals surface area contributed by atoms with Crippen LogP contribution in [0.1, 0.15) is 36.0 Å². The number of nitrogens with two attached hydrogens (primary N) is 1. The molecule has 2 unspecified atom stereocenters. The van der Waals surface area contributed by atoms with Crippen LogP contribution in [0.25, 0.3) is 0 Å². The van der Waals surface area contributed by atoms with Crippen LogP contribution in [0.3, 0.4) is 0 Å². The quantitative estimate of drug-likeness (QED) is 0.823. The Labute approximate surface area is 124 Å². The van der Waals surface area contributed by atoms with Gasteiger partial charge in [-0.15, -0.1) is 0 Å². The molecular weight excluding hydrogens is 274 g/mol. The van der Waals surface area contributed by atoms with Crippen LogP contribution in [0.2, 0.25) is 5.02 Å². The van der Waals surface area contributed by atoms with E-state index in [-0.39, 0.29) is 11.9 Å². The second-order valence-electron chi connectivity index (χ2n) is 5.74. The number of hydrogen-bond acceptors (Lipinski definition) is 3. The van der Waals surface area contributed by atoms with Gasteiger partial charge in [0.2, 0.25) is 0 Å². The second kappa shape index (κ2) is 5.62. The standard InChI is InChI=1S/C15H20ClN3O/c16-11-7-10(8-12(17)9-11)15(20)18-13-4-6-19-5-2-1-3-14(13)19/h7-9,13-14H,1-6,17H2,(H,18,20). The van der Waals surface area contributed by atoms with E-state index in [0.29, 0.717) is 22.3 Å². The molecule has 1 aromatic carbocycles. The summed E-state index contributed by atoms with van der Waals surface area (Å²) < 4.78 is 0. The number of fused-ring (bicyclic) bond motifs is 1. The highest BCUT2D eigenvalue weighted by Crippen LogP contribution is 2.27. The number of halogens is 1. The molecule has 0 spiro atoms. The maximum absolute atomic E-state index is 12.3. The second-order valence-corrected chi connectivity index (χ2v) is 6.18. The molecule has 3 rings (SSSR count). The van der Waals surface area contributed by atoms with Gasteiger partial charge >= 0.3 is 0 Å². The van der Waals surface area contributed by atoms with Gasteiger partial charge in [-0.2, -0.15) is 0 Å². The van der Waals surface area contributed by atoms with E-state index in [4.69, 9.17) is 17.3 Å². The third-order valence-electron chi connectivity index (χ3n) is 4.35. The normalized spacial score (nSPS) is 26.2. The van der Waals surface area contributed by atoms with Gasteiger partial charge in [-0.05, 0) is 44.0 Å². The summed E-state index contributed by atoms with van der Waals surface area (Å²) in [5, 5.41) is 3.65. The summed E-state index contributed by atoms with van der Waals surface area (Å²) in [6.07, 6.45) is 4.76. The number of amides is 1. The Morgan fingerprint density at radius 1 is 1.25 bits per heavy atom. The van der Waals surface area contributed by atoms with Gasteiger partial charge in [-0.3, -0.25) is 9.69 Å². The Balaban J connectivity index is 1.69. The summed E-state index contributed by atoms with van der Waals surface area (Å²) in [5.74, 6) is -0.0726. The summed E-state index contributed by atoms with van der Waals surface area (Å²) in [7, 11) is 0. The lowest BCUT2D eigenvalue weighted by atomic mass is 9.99. The minimum Gasteiger partial charge on any atom is -0.399 e. The summed E-state index contributed by atoms with van der Waals surface area (Å²) in [6, 6.07) is 5.75. The Morgan fingerprint density at radius 3 is 2.90 bits per heavy atom.